The second kappa shape index (κ2) is 6.49. The molecule has 1 aromatic carbocycles. The minimum Gasteiger partial charge on any atom is -0.385 e. The van der Waals surface area contributed by atoms with E-state index >= 15 is 0 Å². The van der Waals surface area contributed by atoms with Crippen LogP contribution >= 0.6 is 0 Å². The molecule has 3 aliphatic heterocycles. The third kappa shape index (κ3) is 2.95. The minimum absolute atomic E-state index is 0.210. The molecule has 1 amide bonds. The zero-order valence-electron chi connectivity index (χ0n) is 13.6. The van der Waals surface area contributed by atoms with Crippen molar-refractivity contribution in [2.24, 2.45) is 0 Å². The molecule has 0 aromatic heterocycles. The molecule has 1 unspecified atom stereocenters. The van der Waals surface area contributed by atoms with Crippen LogP contribution in [0.3, 0.4) is 0 Å². The number of amides is 1. The predicted octanol–water partition coefficient (Wildman–Crippen LogP) is 1.59. The lowest BCUT2D eigenvalue weighted by Crippen LogP contribution is -2.45. The van der Waals surface area contributed by atoms with E-state index in [0.717, 1.165) is 76.5 Å². The average Bonchev–Trinajstić information content (AvgIpc) is 3.11. The van der Waals surface area contributed by atoms with Crippen LogP contribution in [0.15, 0.2) is 18.2 Å². The highest BCUT2D eigenvalue weighted by atomic mass is 16.5. The number of nitrogens with one attached hydrogen (secondary N) is 1. The van der Waals surface area contributed by atoms with Crippen LogP contribution in [0, 0.1) is 0 Å². The number of rotatable bonds is 2. The number of morpholine rings is 1. The van der Waals surface area contributed by atoms with Gasteiger partial charge in [-0.2, -0.15) is 0 Å². The molecule has 0 radical (unpaired) electrons. The van der Waals surface area contributed by atoms with Gasteiger partial charge in [-0.3, -0.25) is 9.69 Å². The topological polar surface area (TPSA) is 44.8 Å². The molecule has 1 aromatic rings. The zero-order valence-corrected chi connectivity index (χ0v) is 13.6. The maximum atomic E-state index is 13.0. The molecule has 0 spiro atoms. The maximum absolute atomic E-state index is 13.0. The predicted molar refractivity (Wildman–Crippen MR) is 90.0 cm³/mol. The number of nitrogens with zero attached hydrogens (tertiary/aromatic N) is 2. The van der Waals surface area contributed by atoms with E-state index in [2.05, 4.69) is 16.3 Å². The minimum atomic E-state index is 0.210. The number of benzene rings is 1. The number of likely N-dealkylation sites (tertiary alicyclic amines) is 1. The maximum Gasteiger partial charge on any atom is 0.254 e. The van der Waals surface area contributed by atoms with Crippen LogP contribution in [-0.4, -0.2) is 67.7 Å². The number of carbonyl (C=O) groups is 1. The van der Waals surface area contributed by atoms with Gasteiger partial charge in [0.05, 0.1) is 13.2 Å². The van der Waals surface area contributed by atoms with Crippen molar-refractivity contribution in [2.45, 2.75) is 25.3 Å². The Kier molecular flexibility index (Phi) is 4.23. The molecule has 5 heteroatoms. The van der Waals surface area contributed by atoms with Crippen molar-refractivity contribution in [2.75, 3.05) is 51.3 Å². The lowest BCUT2D eigenvalue weighted by atomic mass is 9.97. The van der Waals surface area contributed by atoms with E-state index in [1.165, 1.54) is 5.56 Å². The molecule has 4 rings (SSSR count). The van der Waals surface area contributed by atoms with Crippen LogP contribution < -0.4 is 5.32 Å². The number of carbonyl (C=O) groups excluding carboxylic acids is 1. The summed E-state index contributed by atoms with van der Waals surface area (Å²) < 4.78 is 5.44. The number of hydrogen-bond acceptors (Lipinski definition) is 4. The molecule has 0 saturated carbocycles. The van der Waals surface area contributed by atoms with Crippen LogP contribution in [0.25, 0.3) is 0 Å². The summed E-state index contributed by atoms with van der Waals surface area (Å²) >= 11 is 0. The van der Waals surface area contributed by atoms with Crippen molar-refractivity contribution in [1.82, 2.24) is 9.80 Å². The normalized spacial score (nSPS) is 25.0. The molecule has 124 valence electrons. The Morgan fingerprint density at radius 3 is 2.96 bits per heavy atom. The largest absolute Gasteiger partial charge is 0.385 e. The number of ether oxygens (including phenoxy) is 1. The summed E-state index contributed by atoms with van der Waals surface area (Å²) in [6.45, 7) is 6.38. The quantitative estimate of drug-likeness (QED) is 0.900. The summed E-state index contributed by atoms with van der Waals surface area (Å²) in [5.74, 6) is 0.210. The highest BCUT2D eigenvalue weighted by Gasteiger charge is 2.32. The Morgan fingerprint density at radius 2 is 2.09 bits per heavy atom. The van der Waals surface area contributed by atoms with E-state index < -0.39 is 0 Å². The van der Waals surface area contributed by atoms with Crippen LogP contribution in [0.5, 0.6) is 0 Å². The number of hydrogen-bond donors (Lipinski definition) is 1. The molecule has 2 saturated heterocycles. The van der Waals surface area contributed by atoms with Crippen LogP contribution in [0.4, 0.5) is 5.69 Å². The van der Waals surface area contributed by atoms with Gasteiger partial charge in [-0.25, -0.2) is 0 Å². The Labute approximate surface area is 137 Å². The first kappa shape index (κ1) is 15.0. The smallest absolute Gasteiger partial charge is 0.254 e. The molecule has 2 fully saturated rings. The lowest BCUT2D eigenvalue weighted by molar-refractivity contribution is 0.0185. The van der Waals surface area contributed by atoms with Gasteiger partial charge >= 0.3 is 0 Å². The molecular weight excluding hydrogens is 290 g/mol. The van der Waals surface area contributed by atoms with Crippen molar-refractivity contribution in [3.63, 3.8) is 0 Å². The molecule has 5 nitrogen and oxygen atoms in total. The van der Waals surface area contributed by atoms with Crippen LogP contribution in [-0.2, 0) is 11.2 Å². The summed E-state index contributed by atoms with van der Waals surface area (Å²) in [5.41, 5.74) is 3.25. The van der Waals surface area contributed by atoms with Gasteiger partial charge in [-0.05, 0) is 37.0 Å². The summed E-state index contributed by atoms with van der Waals surface area (Å²) in [5, 5.41) is 3.42. The third-order valence-corrected chi connectivity index (χ3v) is 5.34. The lowest BCUT2D eigenvalue weighted by Gasteiger charge is -2.32. The van der Waals surface area contributed by atoms with Gasteiger partial charge in [0, 0.05) is 50.0 Å². The highest BCUT2D eigenvalue weighted by molar-refractivity contribution is 5.97. The van der Waals surface area contributed by atoms with Crippen LogP contribution in [0.2, 0.25) is 0 Å². The van der Waals surface area contributed by atoms with Crippen molar-refractivity contribution >= 4 is 11.6 Å². The van der Waals surface area contributed by atoms with E-state index in [1.54, 1.807) is 0 Å². The first-order valence-electron chi connectivity index (χ1n) is 8.80. The summed E-state index contributed by atoms with van der Waals surface area (Å²) in [6, 6.07) is 6.59. The molecule has 0 bridgehead atoms. The van der Waals surface area contributed by atoms with Gasteiger partial charge in [0.15, 0.2) is 0 Å². The van der Waals surface area contributed by atoms with E-state index in [-0.39, 0.29) is 5.91 Å². The zero-order chi connectivity index (χ0) is 15.6. The molecule has 1 N–H and O–H groups in total. The third-order valence-electron chi connectivity index (χ3n) is 5.34. The average molecular weight is 315 g/mol. The van der Waals surface area contributed by atoms with Gasteiger partial charge in [-0.1, -0.05) is 6.07 Å². The monoisotopic (exact) mass is 315 g/mol. The van der Waals surface area contributed by atoms with Gasteiger partial charge in [0.2, 0.25) is 0 Å². The van der Waals surface area contributed by atoms with E-state index in [0.29, 0.717) is 6.04 Å². The second-order valence-corrected chi connectivity index (χ2v) is 6.70. The van der Waals surface area contributed by atoms with E-state index in [1.807, 2.05) is 17.0 Å². The SMILES string of the molecule is O=C(c1cccc2c1CCCN2)N1CCC(N2CCOCC2)C1. The Balaban J connectivity index is 1.48. The first-order valence-corrected chi connectivity index (χ1v) is 8.80. The summed E-state index contributed by atoms with van der Waals surface area (Å²) in [4.78, 5) is 17.5. The molecule has 1 atom stereocenters. The van der Waals surface area contributed by atoms with Crippen molar-refractivity contribution in [3.05, 3.63) is 29.3 Å². The molecule has 23 heavy (non-hydrogen) atoms. The Bertz CT molecular complexity index is 584. The Hall–Kier alpha value is -1.59. The fourth-order valence-corrected chi connectivity index (χ4v) is 4.05. The standard InChI is InChI=1S/C18H25N3O2/c22-18(16-3-1-5-17-15(16)4-2-7-19-17)21-8-6-14(13-21)20-9-11-23-12-10-20/h1,3,5,14,19H,2,4,6-13H2. The fourth-order valence-electron chi connectivity index (χ4n) is 4.05. The number of fused-ring (bicyclic) bond motifs is 1. The molecule has 3 heterocycles. The van der Waals surface area contributed by atoms with E-state index in [4.69, 9.17) is 4.74 Å². The van der Waals surface area contributed by atoms with Crippen LogP contribution in [0.1, 0.15) is 28.8 Å². The summed E-state index contributed by atoms with van der Waals surface area (Å²) in [6.07, 6.45) is 3.19. The van der Waals surface area contributed by atoms with Crippen molar-refractivity contribution < 1.29 is 9.53 Å². The van der Waals surface area contributed by atoms with E-state index in [9.17, 15) is 4.79 Å². The van der Waals surface area contributed by atoms with Gasteiger partial charge in [0.25, 0.3) is 5.91 Å². The molecular formula is C18H25N3O2. The summed E-state index contributed by atoms with van der Waals surface area (Å²) in [7, 11) is 0. The molecule has 0 aliphatic carbocycles. The number of anilines is 1. The van der Waals surface area contributed by atoms with Gasteiger partial charge in [0.1, 0.15) is 0 Å². The second-order valence-electron chi connectivity index (χ2n) is 6.70. The Morgan fingerprint density at radius 1 is 1.22 bits per heavy atom. The van der Waals surface area contributed by atoms with Crippen molar-refractivity contribution in [3.8, 4) is 0 Å². The van der Waals surface area contributed by atoms with Gasteiger partial charge in [-0.15, -0.1) is 0 Å². The first-order chi connectivity index (χ1) is 11.3. The highest BCUT2D eigenvalue weighted by Crippen LogP contribution is 2.27. The van der Waals surface area contributed by atoms with Crippen molar-refractivity contribution in [1.29, 1.82) is 0 Å². The van der Waals surface area contributed by atoms with Gasteiger partial charge < -0.3 is 15.0 Å². The fraction of sp³-hybridized carbons (Fsp3) is 0.611. The molecule has 3 aliphatic rings.